The normalized spacial score (nSPS) is 16.5. The van der Waals surface area contributed by atoms with Gasteiger partial charge in [0.25, 0.3) is 12.4 Å². The van der Waals surface area contributed by atoms with Crippen LogP contribution in [-0.4, -0.2) is 47.2 Å². The Morgan fingerprint density at radius 2 is 1.76 bits per heavy atom. The van der Waals surface area contributed by atoms with E-state index < -0.39 is 11.0 Å². The molecule has 2 aliphatic rings. The van der Waals surface area contributed by atoms with Crippen molar-refractivity contribution in [2.24, 2.45) is 5.92 Å². The van der Waals surface area contributed by atoms with Gasteiger partial charge < -0.3 is 15.0 Å². The van der Waals surface area contributed by atoms with E-state index in [-0.39, 0.29) is 17.9 Å². The van der Waals surface area contributed by atoms with Crippen LogP contribution in [0.15, 0.2) is 35.5 Å². The van der Waals surface area contributed by atoms with E-state index in [1.54, 1.807) is 6.20 Å². The Kier molecular flexibility index (Phi) is 11.7. The van der Waals surface area contributed by atoms with Crippen molar-refractivity contribution in [2.75, 3.05) is 0 Å². The molecule has 1 unspecified atom stereocenters. The van der Waals surface area contributed by atoms with E-state index in [9.17, 15) is 9.00 Å². The summed E-state index contributed by atoms with van der Waals surface area (Å²) in [6.07, 6.45) is 13.3. The summed E-state index contributed by atoms with van der Waals surface area (Å²) in [5.41, 5.74) is 4.13. The first-order valence-corrected chi connectivity index (χ1v) is 16.0. The van der Waals surface area contributed by atoms with Crippen LogP contribution in [0.1, 0.15) is 102 Å². The van der Waals surface area contributed by atoms with Crippen LogP contribution < -0.4 is 10.0 Å². The van der Waals surface area contributed by atoms with Gasteiger partial charge >= 0.3 is 0 Å². The smallest absolute Gasteiger partial charge is 0.290 e. The maximum Gasteiger partial charge on any atom is 0.290 e. The van der Waals surface area contributed by atoms with Gasteiger partial charge in [0.1, 0.15) is 11.0 Å². The molecule has 0 bridgehead atoms. The van der Waals surface area contributed by atoms with E-state index in [1.807, 2.05) is 63.4 Å². The SMILES string of the molecule is CC.Cc1c(C(=O)NC2CCC2)cc(-c2ccc(S(=O)NC(C)(C)C)c3nccn23)n1CC1CCCCC1.O=CO. The molecule has 3 aromatic heterocycles. The van der Waals surface area contributed by atoms with Crippen molar-refractivity contribution >= 4 is 29.0 Å². The first-order valence-electron chi connectivity index (χ1n) is 14.9. The molecule has 0 spiro atoms. The molecule has 0 aromatic carbocycles. The Morgan fingerprint density at radius 1 is 1.10 bits per heavy atom. The molecule has 1 amide bonds. The topological polar surface area (TPSA) is 118 Å². The van der Waals surface area contributed by atoms with Crippen molar-refractivity contribution in [2.45, 2.75) is 116 Å². The van der Waals surface area contributed by atoms with Gasteiger partial charge in [-0.05, 0) is 83.9 Å². The molecule has 2 aliphatic carbocycles. The van der Waals surface area contributed by atoms with Gasteiger partial charge in [-0.1, -0.05) is 33.1 Å². The molecule has 1 atom stereocenters. The third-order valence-electron chi connectivity index (χ3n) is 7.59. The average molecular weight is 586 g/mol. The molecule has 0 aliphatic heterocycles. The quantitative estimate of drug-likeness (QED) is 0.289. The number of pyridine rings is 1. The maximum absolute atomic E-state index is 13.3. The summed E-state index contributed by atoms with van der Waals surface area (Å²) < 4.78 is 20.6. The van der Waals surface area contributed by atoms with Gasteiger partial charge in [-0.3, -0.25) is 14.0 Å². The van der Waals surface area contributed by atoms with E-state index in [0.29, 0.717) is 22.5 Å². The van der Waals surface area contributed by atoms with Gasteiger partial charge in [0, 0.05) is 36.2 Å². The van der Waals surface area contributed by atoms with Gasteiger partial charge in [0.05, 0.1) is 21.8 Å². The molecule has 3 aromatic rings. The van der Waals surface area contributed by atoms with Gasteiger partial charge in [0.2, 0.25) is 0 Å². The third-order valence-corrected chi connectivity index (χ3v) is 9.11. The number of amides is 1. The summed E-state index contributed by atoms with van der Waals surface area (Å²) in [7, 11) is -1.39. The zero-order valence-electron chi connectivity index (χ0n) is 25.4. The van der Waals surface area contributed by atoms with Crippen molar-refractivity contribution < 1.29 is 18.9 Å². The lowest BCUT2D eigenvalue weighted by atomic mass is 9.89. The first kappa shape index (κ1) is 32.5. The van der Waals surface area contributed by atoms with Crippen LogP contribution >= 0.6 is 0 Å². The summed E-state index contributed by atoms with van der Waals surface area (Å²) in [5.74, 6) is 0.641. The molecule has 226 valence electrons. The molecule has 0 radical (unpaired) electrons. The van der Waals surface area contributed by atoms with E-state index >= 15 is 0 Å². The standard InChI is InChI=1S/C28H39N5O2S.C2H6.CH2O2/c1-19-22(27(34)30-21-11-8-12-21)17-24(33(19)18-20-9-6-5-7-10-20)23-13-14-25(26-29-15-16-32(23)26)36(35)31-28(2,3)4;1-2;2-1-3/h13-17,20-21,31H,5-12,18H2,1-4H3,(H,30,34);1-2H3;1H,(H,2,3). The molecule has 10 heteroatoms. The number of fused-ring (bicyclic) bond motifs is 1. The molecule has 3 heterocycles. The summed E-state index contributed by atoms with van der Waals surface area (Å²) in [6.45, 7) is 12.7. The molecular formula is C31H47N5O4S. The highest BCUT2D eigenvalue weighted by Gasteiger charge is 2.27. The lowest BCUT2D eigenvalue weighted by molar-refractivity contribution is -0.122. The van der Waals surface area contributed by atoms with E-state index in [2.05, 4.69) is 26.5 Å². The molecule has 5 rings (SSSR count). The molecule has 2 fully saturated rings. The second-order valence-corrected chi connectivity index (χ2v) is 12.9. The van der Waals surface area contributed by atoms with Gasteiger partial charge in [0.15, 0.2) is 5.65 Å². The monoisotopic (exact) mass is 585 g/mol. The number of carbonyl (C=O) groups excluding carboxylic acids is 1. The number of carbonyl (C=O) groups is 2. The number of carboxylic acid groups (broad SMARTS) is 1. The van der Waals surface area contributed by atoms with Crippen molar-refractivity contribution in [1.29, 1.82) is 0 Å². The van der Waals surface area contributed by atoms with Crippen LogP contribution in [0.4, 0.5) is 0 Å². The molecule has 9 nitrogen and oxygen atoms in total. The van der Waals surface area contributed by atoms with E-state index in [1.165, 1.54) is 38.5 Å². The Hall–Kier alpha value is -2.98. The number of hydrogen-bond acceptors (Lipinski definition) is 4. The number of rotatable bonds is 7. The molecule has 3 N–H and O–H groups in total. The van der Waals surface area contributed by atoms with Crippen molar-refractivity contribution in [3.05, 3.63) is 41.9 Å². The summed E-state index contributed by atoms with van der Waals surface area (Å²) in [5, 5.41) is 10.1. The average Bonchev–Trinajstić information content (AvgIpc) is 3.52. The van der Waals surface area contributed by atoms with Crippen LogP contribution in [0.2, 0.25) is 0 Å². The van der Waals surface area contributed by atoms with Crippen LogP contribution in [0.25, 0.3) is 17.0 Å². The number of nitrogens with one attached hydrogen (secondary N) is 2. The molecule has 41 heavy (non-hydrogen) atoms. The highest BCUT2D eigenvalue weighted by Crippen LogP contribution is 2.33. The second kappa shape index (κ2) is 14.8. The highest BCUT2D eigenvalue weighted by atomic mass is 32.2. The number of hydrogen-bond donors (Lipinski definition) is 3. The predicted octanol–water partition coefficient (Wildman–Crippen LogP) is 6.11. The van der Waals surface area contributed by atoms with Gasteiger partial charge in [-0.2, -0.15) is 0 Å². The van der Waals surface area contributed by atoms with E-state index in [0.717, 1.165) is 42.0 Å². The molecule has 2 saturated carbocycles. The van der Waals surface area contributed by atoms with Crippen LogP contribution in [0.3, 0.4) is 0 Å². The van der Waals surface area contributed by atoms with Gasteiger partial charge in [-0.15, -0.1) is 0 Å². The highest BCUT2D eigenvalue weighted by molar-refractivity contribution is 7.83. The van der Waals surface area contributed by atoms with Crippen LogP contribution in [0, 0.1) is 12.8 Å². The maximum atomic E-state index is 13.3. The zero-order valence-corrected chi connectivity index (χ0v) is 26.2. The zero-order chi connectivity index (χ0) is 30.2. The number of nitrogens with zero attached hydrogens (tertiary/aromatic N) is 3. The van der Waals surface area contributed by atoms with Gasteiger partial charge in [-0.25, -0.2) is 13.9 Å². The van der Waals surface area contributed by atoms with Crippen LogP contribution in [-0.2, 0) is 22.3 Å². The first-order chi connectivity index (χ1) is 19.6. The lowest BCUT2D eigenvalue weighted by Crippen LogP contribution is -2.39. The summed E-state index contributed by atoms with van der Waals surface area (Å²) >= 11 is 0. The molecule has 0 saturated heterocycles. The minimum atomic E-state index is -1.39. The number of imidazole rings is 1. The van der Waals surface area contributed by atoms with Crippen molar-refractivity contribution in [3.8, 4) is 11.4 Å². The fraction of sp³-hybridized carbons (Fsp3) is 0.581. The Morgan fingerprint density at radius 3 is 2.34 bits per heavy atom. The van der Waals surface area contributed by atoms with Crippen molar-refractivity contribution in [1.82, 2.24) is 24.0 Å². The predicted molar refractivity (Wildman–Crippen MR) is 164 cm³/mol. The second-order valence-electron chi connectivity index (χ2n) is 11.7. The third kappa shape index (κ3) is 8.07. The Labute approximate surface area is 246 Å². The Bertz CT molecular complexity index is 1330. The van der Waals surface area contributed by atoms with Crippen LogP contribution in [0.5, 0.6) is 0 Å². The minimum Gasteiger partial charge on any atom is -0.483 e. The summed E-state index contributed by atoms with van der Waals surface area (Å²) in [6, 6.07) is 6.28. The fourth-order valence-electron chi connectivity index (χ4n) is 5.44. The Balaban J connectivity index is 0.000000868. The fourth-order valence-corrected chi connectivity index (χ4v) is 6.62. The van der Waals surface area contributed by atoms with E-state index in [4.69, 9.17) is 9.90 Å². The lowest BCUT2D eigenvalue weighted by Gasteiger charge is -2.26. The largest absolute Gasteiger partial charge is 0.483 e. The molecular weight excluding hydrogens is 538 g/mol. The minimum absolute atomic E-state index is 0.0230. The summed E-state index contributed by atoms with van der Waals surface area (Å²) in [4.78, 5) is 26.8. The van der Waals surface area contributed by atoms with Crippen molar-refractivity contribution in [3.63, 3.8) is 0 Å². The number of aromatic nitrogens is 3.